The maximum absolute atomic E-state index is 6.12. The molecule has 0 aliphatic rings. The molecular weight excluding hydrogens is 234 g/mol. The number of nitrogens with zero attached hydrogens (tertiary/aromatic N) is 2. The second-order valence-electron chi connectivity index (χ2n) is 5.58. The largest absolute Gasteiger partial charge is 0.314 e. The van der Waals surface area contributed by atoms with Crippen molar-refractivity contribution in [1.29, 1.82) is 0 Å². The highest BCUT2D eigenvalue weighted by Crippen LogP contribution is 2.24. The van der Waals surface area contributed by atoms with E-state index >= 15 is 0 Å². The van der Waals surface area contributed by atoms with Gasteiger partial charge in [0.25, 0.3) is 0 Å². The predicted octanol–water partition coefficient (Wildman–Crippen LogP) is 3.03. The number of hydrogen-bond donors (Lipinski definition) is 1. The van der Waals surface area contributed by atoms with Gasteiger partial charge in [-0.2, -0.15) is 5.10 Å². The molecule has 0 radical (unpaired) electrons. The first-order chi connectivity index (χ1) is 7.86. The number of hydrogen-bond acceptors (Lipinski definition) is 2. The van der Waals surface area contributed by atoms with E-state index in [4.69, 9.17) is 11.6 Å². The van der Waals surface area contributed by atoms with Crippen LogP contribution in [-0.4, -0.2) is 22.4 Å². The zero-order valence-electron chi connectivity index (χ0n) is 11.5. The Balaban J connectivity index is 2.64. The molecule has 1 aromatic rings. The van der Waals surface area contributed by atoms with Gasteiger partial charge in [-0.3, -0.25) is 4.68 Å². The van der Waals surface area contributed by atoms with Crippen LogP contribution in [0.1, 0.15) is 39.8 Å². The van der Waals surface area contributed by atoms with Gasteiger partial charge in [-0.05, 0) is 24.8 Å². The van der Waals surface area contributed by atoms with Crippen molar-refractivity contribution in [3.8, 4) is 0 Å². The van der Waals surface area contributed by atoms with Gasteiger partial charge >= 0.3 is 0 Å². The Morgan fingerprint density at radius 2 is 2.12 bits per heavy atom. The highest BCUT2D eigenvalue weighted by Gasteiger charge is 2.24. The molecule has 1 aromatic heterocycles. The molecule has 0 fully saturated rings. The van der Waals surface area contributed by atoms with E-state index in [0.29, 0.717) is 6.04 Å². The van der Waals surface area contributed by atoms with E-state index in [2.05, 4.69) is 38.1 Å². The van der Waals surface area contributed by atoms with E-state index in [-0.39, 0.29) is 5.41 Å². The van der Waals surface area contributed by atoms with Crippen LogP contribution in [0, 0.1) is 5.41 Å². The SMILES string of the molecule is CCNC(CCc1c(Cl)cnn1C)C(C)(C)C. The number of aryl methyl sites for hydroxylation is 1. The lowest BCUT2D eigenvalue weighted by atomic mass is 9.83. The number of rotatable bonds is 5. The second kappa shape index (κ2) is 5.87. The van der Waals surface area contributed by atoms with Crippen molar-refractivity contribution >= 4 is 11.6 Å². The summed E-state index contributed by atoms with van der Waals surface area (Å²) < 4.78 is 1.87. The molecule has 0 aliphatic heterocycles. The molecule has 1 N–H and O–H groups in total. The summed E-state index contributed by atoms with van der Waals surface area (Å²) in [5, 5.41) is 8.49. The van der Waals surface area contributed by atoms with E-state index in [9.17, 15) is 0 Å². The van der Waals surface area contributed by atoms with E-state index in [1.54, 1.807) is 6.20 Å². The lowest BCUT2D eigenvalue weighted by Crippen LogP contribution is -2.40. The summed E-state index contributed by atoms with van der Waals surface area (Å²) in [5.74, 6) is 0. The molecule has 0 aromatic carbocycles. The van der Waals surface area contributed by atoms with Crippen molar-refractivity contribution in [1.82, 2.24) is 15.1 Å². The molecule has 1 heterocycles. The predicted molar refractivity (Wildman–Crippen MR) is 73.5 cm³/mol. The molecule has 0 amide bonds. The van der Waals surface area contributed by atoms with Crippen LogP contribution in [0.15, 0.2) is 6.20 Å². The summed E-state index contributed by atoms with van der Waals surface area (Å²) in [6.07, 6.45) is 3.76. The first-order valence-electron chi connectivity index (χ1n) is 6.26. The molecule has 1 unspecified atom stereocenters. The van der Waals surface area contributed by atoms with Gasteiger partial charge in [0.15, 0.2) is 0 Å². The van der Waals surface area contributed by atoms with Crippen LogP contribution in [0.2, 0.25) is 5.02 Å². The molecule has 0 bridgehead atoms. The van der Waals surface area contributed by atoms with Gasteiger partial charge in [0.05, 0.1) is 16.9 Å². The Morgan fingerprint density at radius 1 is 1.47 bits per heavy atom. The second-order valence-corrected chi connectivity index (χ2v) is 5.98. The molecule has 4 heteroatoms. The molecule has 0 aliphatic carbocycles. The summed E-state index contributed by atoms with van der Waals surface area (Å²) in [7, 11) is 1.94. The first-order valence-corrected chi connectivity index (χ1v) is 6.63. The van der Waals surface area contributed by atoms with E-state index in [0.717, 1.165) is 30.1 Å². The maximum atomic E-state index is 6.12. The number of aromatic nitrogens is 2. The average molecular weight is 258 g/mol. The van der Waals surface area contributed by atoms with Crippen molar-refractivity contribution < 1.29 is 0 Å². The molecule has 98 valence electrons. The topological polar surface area (TPSA) is 29.9 Å². The smallest absolute Gasteiger partial charge is 0.0817 e. The lowest BCUT2D eigenvalue weighted by Gasteiger charge is -2.31. The Labute approximate surface area is 110 Å². The third-order valence-electron chi connectivity index (χ3n) is 3.18. The van der Waals surface area contributed by atoms with Crippen molar-refractivity contribution in [2.75, 3.05) is 6.54 Å². The third-order valence-corrected chi connectivity index (χ3v) is 3.49. The Morgan fingerprint density at radius 3 is 2.53 bits per heavy atom. The molecule has 1 rings (SSSR count). The average Bonchev–Trinajstić information content (AvgIpc) is 2.52. The standard InChI is InChI=1S/C13H24ClN3/c1-6-15-12(13(2,3)4)8-7-11-10(14)9-16-17(11)5/h9,12,15H,6-8H2,1-5H3. The molecular formula is C13H24ClN3. The van der Waals surface area contributed by atoms with E-state index < -0.39 is 0 Å². The Hall–Kier alpha value is -0.540. The monoisotopic (exact) mass is 257 g/mol. The number of halogens is 1. The number of nitrogens with one attached hydrogen (secondary N) is 1. The minimum atomic E-state index is 0.265. The fourth-order valence-corrected chi connectivity index (χ4v) is 2.35. The van der Waals surface area contributed by atoms with Crippen LogP contribution in [-0.2, 0) is 13.5 Å². The van der Waals surface area contributed by atoms with Gasteiger partial charge in [0, 0.05) is 13.1 Å². The van der Waals surface area contributed by atoms with Gasteiger partial charge in [0.2, 0.25) is 0 Å². The normalized spacial score (nSPS) is 14.0. The summed E-state index contributed by atoms with van der Waals surface area (Å²) in [5.41, 5.74) is 1.39. The quantitative estimate of drug-likeness (QED) is 0.879. The van der Waals surface area contributed by atoms with Crippen LogP contribution in [0.4, 0.5) is 0 Å². The maximum Gasteiger partial charge on any atom is 0.0817 e. The fourth-order valence-electron chi connectivity index (χ4n) is 2.09. The lowest BCUT2D eigenvalue weighted by molar-refractivity contribution is 0.257. The first kappa shape index (κ1) is 14.5. The van der Waals surface area contributed by atoms with Crippen molar-refractivity contribution in [2.45, 2.75) is 46.6 Å². The fraction of sp³-hybridized carbons (Fsp3) is 0.769. The highest BCUT2D eigenvalue weighted by atomic mass is 35.5. The summed E-state index contributed by atoms with van der Waals surface area (Å²) in [6.45, 7) is 9.96. The summed E-state index contributed by atoms with van der Waals surface area (Å²) in [4.78, 5) is 0. The van der Waals surface area contributed by atoms with Crippen LogP contribution >= 0.6 is 11.6 Å². The van der Waals surface area contributed by atoms with Crippen LogP contribution in [0.25, 0.3) is 0 Å². The van der Waals surface area contributed by atoms with Gasteiger partial charge < -0.3 is 5.32 Å². The Bertz CT molecular complexity index is 333. The van der Waals surface area contributed by atoms with Crippen LogP contribution in [0.3, 0.4) is 0 Å². The molecule has 17 heavy (non-hydrogen) atoms. The summed E-state index contributed by atoms with van der Waals surface area (Å²) in [6, 6.07) is 0.499. The van der Waals surface area contributed by atoms with Gasteiger partial charge in [-0.25, -0.2) is 0 Å². The van der Waals surface area contributed by atoms with Crippen LogP contribution < -0.4 is 5.32 Å². The van der Waals surface area contributed by atoms with Crippen molar-refractivity contribution in [3.63, 3.8) is 0 Å². The van der Waals surface area contributed by atoms with Gasteiger partial charge in [-0.15, -0.1) is 0 Å². The van der Waals surface area contributed by atoms with Gasteiger partial charge in [0.1, 0.15) is 0 Å². The molecule has 1 atom stereocenters. The van der Waals surface area contributed by atoms with Crippen LogP contribution in [0.5, 0.6) is 0 Å². The van der Waals surface area contributed by atoms with E-state index in [1.165, 1.54) is 0 Å². The molecule has 0 saturated heterocycles. The molecule has 0 spiro atoms. The minimum absolute atomic E-state index is 0.265. The molecule has 3 nitrogen and oxygen atoms in total. The zero-order valence-corrected chi connectivity index (χ0v) is 12.3. The van der Waals surface area contributed by atoms with Crippen molar-refractivity contribution in [3.05, 3.63) is 16.9 Å². The zero-order chi connectivity index (χ0) is 13.1. The Kier molecular flexibility index (Phi) is 5.02. The minimum Gasteiger partial charge on any atom is -0.314 e. The van der Waals surface area contributed by atoms with Gasteiger partial charge in [-0.1, -0.05) is 39.3 Å². The summed E-state index contributed by atoms with van der Waals surface area (Å²) >= 11 is 6.12. The van der Waals surface area contributed by atoms with E-state index in [1.807, 2.05) is 11.7 Å². The van der Waals surface area contributed by atoms with Crippen molar-refractivity contribution in [2.24, 2.45) is 12.5 Å². The molecule has 0 saturated carbocycles. The third kappa shape index (κ3) is 4.00. The highest BCUT2D eigenvalue weighted by molar-refractivity contribution is 6.31.